The molecule has 3 amide bonds. The molecule has 0 aromatic rings. The van der Waals surface area contributed by atoms with Gasteiger partial charge in [0.2, 0.25) is 17.7 Å². The standard InChI is InChI=1S/C35H64N4O21.C31H55NO20/c1-17(42)18(4-2-3-7-36)38-39-23(44)6-10-54-13-12-53-9-5-22(43)37-8-11-55-34-31(52)32(60-35-30(51)28(49)25(46)20(15-41)58-35)26(47)21(59-34)16-56-33-29(50)27(48)24(45)19(14-40)57-33;1-2-32-19(36)6-9-46-11-10-45-8-5-15(35)4-3-7-47-30-27(44)28(52-31-26(43)24(41)21(38)17(13-34)50-31)22(39)18(51-30)14-48-29-25(42)23(40)20(37)16(12-33)49-29/h18-21,24-35,38,40-41,45-52H,2-16,36H2,1H3,(H,37,43)(H,39,44);16-18,20-31,33-34,37-44H,2-14H2,1H3,(H,32,36)/t18-,19+,20+,21+,24+,25+,26+,27-,28-,29-,30-,31-,32-,33-,34+,35+;16-,17-,18-,20-,21-,22-,23+,24+,25+,26+,27+,28+,29+,30-,31-/m01/s1. The molecule has 6 saturated heterocycles. The van der Waals surface area contributed by atoms with E-state index in [0.29, 0.717) is 19.5 Å². The van der Waals surface area contributed by atoms with Crippen molar-refractivity contribution in [2.24, 2.45) is 5.73 Å². The molecule has 112 heavy (non-hydrogen) atoms. The van der Waals surface area contributed by atoms with Crippen molar-refractivity contribution in [2.75, 3.05) is 125 Å². The number of amides is 3. The highest BCUT2D eigenvalue weighted by Crippen LogP contribution is 2.34. The molecule has 6 rings (SSSR count). The van der Waals surface area contributed by atoms with Crippen LogP contribution in [0.2, 0.25) is 0 Å². The average Bonchev–Trinajstić information content (AvgIpc) is 0.795. The van der Waals surface area contributed by atoms with E-state index in [-0.39, 0.29) is 135 Å². The fourth-order valence-electron chi connectivity index (χ4n) is 11.9. The number of carbonyl (C=O) groups is 5. The Morgan fingerprint density at radius 1 is 0.366 bits per heavy atom. The van der Waals surface area contributed by atoms with Crippen molar-refractivity contribution in [3.63, 3.8) is 0 Å². The van der Waals surface area contributed by atoms with Crippen LogP contribution in [0.5, 0.6) is 0 Å². The third-order valence-corrected chi connectivity index (χ3v) is 18.6. The number of hydrogen-bond donors (Lipinski definition) is 25. The summed E-state index contributed by atoms with van der Waals surface area (Å²) in [5.74, 6) is -1.14. The zero-order valence-electron chi connectivity index (χ0n) is 62.3. The van der Waals surface area contributed by atoms with Crippen molar-refractivity contribution in [2.45, 2.75) is 262 Å². The van der Waals surface area contributed by atoms with Crippen LogP contribution in [0.15, 0.2) is 0 Å². The van der Waals surface area contributed by atoms with Crippen LogP contribution in [-0.4, -0.2) is 447 Å². The summed E-state index contributed by atoms with van der Waals surface area (Å²) >= 11 is 0. The summed E-state index contributed by atoms with van der Waals surface area (Å²) in [7, 11) is 0. The van der Waals surface area contributed by atoms with Crippen LogP contribution in [0.25, 0.3) is 0 Å². The first-order valence-corrected chi connectivity index (χ1v) is 37.1. The first kappa shape index (κ1) is 98.8. The average molecular weight is 1640 g/mol. The normalized spacial score (nSPS) is 36.6. The lowest BCUT2D eigenvalue weighted by Gasteiger charge is -2.46. The minimum absolute atomic E-state index is 0.0342. The zero-order chi connectivity index (χ0) is 82.7. The van der Waals surface area contributed by atoms with E-state index in [4.69, 9.17) is 81.5 Å². The van der Waals surface area contributed by atoms with Crippen molar-refractivity contribution >= 4 is 29.3 Å². The van der Waals surface area contributed by atoms with Crippen LogP contribution in [0, 0.1) is 0 Å². The second-order valence-corrected chi connectivity index (χ2v) is 27.0. The van der Waals surface area contributed by atoms with Crippen molar-refractivity contribution in [1.29, 1.82) is 0 Å². The Hall–Kier alpha value is -3.77. The Morgan fingerprint density at radius 2 is 0.723 bits per heavy atom. The maximum Gasteiger partial charge on any atom is 0.236 e. The van der Waals surface area contributed by atoms with Crippen molar-refractivity contribution in [3.8, 4) is 0 Å². The Balaban J connectivity index is 0.000000405. The molecule has 0 saturated carbocycles. The van der Waals surface area contributed by atoms with Crippen LogP contribution in [0.1, 0.15) is 71.6 Å². The number of rotatable bonds is 49. The fourth-order valence-corrected chi connectivity index (χ4v) is 11.9. The molecule has 0 aliphatic carbocycles. The van der Waals surface area contributed by atoms with E-state index in [1.54, 1.807) is 0 Å². The Morgan fingerprint density at radius 3 is 1.12 bits per heavy atom. The minimum atomic E-state index is -1.91. The van der Waals surface area contributed by atoms with Gasteiger partial charge in [-0.15, -0.1) is 0 Å². The Labute approximate surface area is 643 Å². The van der Waals surface area contributed by atoms with E-state index < -0.39 is 236 Å². The Kier molecular flexibility index (Phi) is 46.1. The van der Waals surface area contributed by atoms with Gasteiger partial charge in [-0.1, -0.05) is 6.42 Å². The molecule has 0 aromatic heterocycles. The molecule has 0 bridgehead atoms. The van der Waals surface area contributed by atoms with Crippen molar-refractivity contribution < 1.29 is 202 Å². The molecule has 6 aliphatic heterocycles. The van der Waals surface area contributed by atoms with Crippen molar-refractivity contribution in [3.05, 3.63) is 0 Å². The van der Waals surface area contributed by atoms with Gasteiger partial charge in [0.25, 0.3) is 0 Å². The number of ketones is 2. The highest BCUT2D eigenvalue weighted by atomic mass is 16.8. The van der Waals surface area contributed by atoms with Crippen LogP contribution < -0.4 is 27.2 Å². The minimum Gasteiger partial charge on any atom is -0.394 e. The van der Waals surface area contributed by atoms with Gasteiger partial charge < -0.3 is 194 Å². The lowest BCUT2D eigenvalue weighted by Crippen LogP contribution is -2.65. The van der Waals surface area contributed by atoms with Crippen LogP contribution >= 0.6 is 0 Å². The number of hydrazine groups is 1. The number of aliphatic hydroxyl groups excluding tert-OH is 20. The van der Waals surface area contributed by atoms with E-state index >= 15 is 0 Å². The smallest absolute Gasteiger partial charge is 0.236 e. The lowest BCUT2D eigenvalue weighted by atomic mass is 9.96. The predicted octanol–water partition coefficient (Wildman–Crippen LogP) is -14.2. The summed E-state index contributed by atoms with van der Waals surface area (Å²) in [6.07, 6.45) is -47.5. The molecule has 6 heterocycles. The van der Waals surface area contributed by atoms with E-state index in [0.717, 1.165) is 12.8 Å². The molecule has 46 heteroatoms. The fraction of sp³-hybridized carbons (Fsp3) is 0.924. The number of unbranched alkanes of at least 4 members (excludes halogenated alkanes) is 1. The number of ether oxygens (including phenoxy) is 16. The molecule has 31 atom stereocenters. The third-order valence-electron chi connectivity index (χ3n) is 18.6. The van der Waals surface area contributed by atoms with Gasteiger partial charge in [-0.25, -0.2) is 5.43 Å². The molecule has 654 valence electrons. The number of Topliss-reactive ketones (excluding diaryl/α,β-unsaturated/α-hetero) is 2. The Bertz CT molecular complexity index is 2640. The van der Waals surface area contributed by atoms with E-state index in [2.05, 4.69) is 21.5 Å². The van der Waals surface area contributed by atoms with Crippen LogP contribution in [0.3, 0.4) is 0 Å². The maximum atomic E-state index is 12.4. The second kappa shape index (κ2) is 52.2. The van der Waals surface area contributed by atoms with Gasteiger partial charge in [-0.3, -0.25) is 29.4 Å². The summed E-state index contributed by atoms with van der Waals surface area (Å²) in [5, 5.41) is 211. The SMILES string of the molecule is CC(=O)[C@H](CCCCN)NNC(=O)CCOCCOCCC(=O)NCCO[C@@H]1O[C@H](CO[C@H]2O[C@H](CO)[C@@H](O)[C@H](O)[C@@H]2O)[C@@H](O)[C@H](O[C@H]2O[C@H](CO)[C@@H](O)[C@H](O)[C@@H]2O)[C@@H]1O.CCNC(=O)CCOCCOCCC(=O)CCCO[C@@H]1O[C@H](CO[C@H]2O[C@H](CO)[C@@H](O)[C@H](O)[C@@H]2O)[C@@H](O)[C@H](O[C@H]2O[C@H](CO)[C@@H](O)[C@H](O)[C@@H]2O)[C@@H]1O. The van der Waals surface area contributed by atoms with E-state index in [1.165, 1.54) is 6.92 Å². The van der Waals surface area contributed by atoms with E-state index in [1.807, 2.05) is 6.92 Å². The molecule has 0 spiro atoms. The first-order chi connectivity index (χ1) is 53.5. The van der Waals surface area contributed by atoms with Gasteiger partial charge in [0.1, 0.15) is 158 Å². The summed E-state index contributed by atoms with van der Waals surface area (Å²) in [6, 6.07) is -0.506. The predicted molar refractivity (Wildman–Crippen MR) is 366 cm³/mol. The number of aliphatic hydroxyl groups is 20. The largest absolute Gasteiger partial charge is 0.394 e. The highest BCUT2D eigenvalue weighted by Gasteiger charge is 2.55. The molecule has 0 aromatic carbocycles. The summed E-state index contributed by atoms with van der Waals surface area (Å²) in [4.78, 5) is 59.9. The summed E-state index contributed by atoms with van der Waals surface area (Å²) < 4.78 is 87.9. The molecular weight excluding hydrogens is 1520 g/mol. The first-order valence-electron chi connectivity index (χ1n) is 37.1. The molecule has 0 radical (unpaired) electrons. The monoisotopic (exact) mass is 1640 g/mol. The van der Waals surface area contributed by atoms with Gasteiger partial charge in [0, 0.05) is 38.8 Å². The summed E-state index contributed by atoms with van der Waals surface area (Å²) in [5.41, 5.74) is 10.7. The summed E-state index contributed by atoms with van der Waals surface area (Å²) in [6.45, 7) is 0.853. The number of nitrogens with two attached hydrogens (primary N) is 1. The van der Waals surface area contributed by atoms with Gasteiger partial charge in [-0.2, -0.15) is 0 Å². The number of carbonyl (C=O) groups excluding carboxylic acids is 5. The molecule has 6 aliphatic rings. The van der Waals surface area contributed by atoms with Crippen LogP contribution in [-0.2, 0) is 99.8 Å². The zero-order valence-corrected chi connectivity index (χ0v) is 62.3. The molecule has 0 unspecified atom stereocenters. The quantitative estimate of drug-likeness (QED) is 0.0199. The number of hydrogen-bond acceptors (Lipinski definition) is 43. The topological polar surface area (TPSA) is 712 Å². The molecule has 46 nitrogen and oxygen atoms in total. The lowest BCUT2D eigenvalue weighted by molar-refractivity contribution is -0.366. The van der Waals surface area contributed by atoms with E-state index in [9.17, 15) is 126 Å². The van der Waals surface area contributed by atoms with Crippen LogP contribution in [0.4, 0.5) is 0 Å². The second-order valence-electron chi connectivity index (χ2n) is 27.0. The molecular formula is C66H119N5O41. The van der Waals surface area contributed by atoms with Gasteiger partial charge in [0.15, 0.2) is 37.7 Å². The molecule has 6 fully saturated rings. The van der Waals surface area contributed by atoms with Crippen molar-refractivity contribution in [1.82, 2.24) is 21.5 Å². The van der Waals surface area contributed by atoms with Gasteiger partial charge >= 0.3 is 0 Å². The third kappa shape index (κ3) is 30.9. The molecule has 26 N–H and O–H groups in total. The van der Waals surface area contributed by atoms with Gasteiger partial charge in [-0.05, 0) is 39.7 Å². The highest BCUT2D eigenvalue weighted by molar-refractivity contribution is 5.82. The van der Waals surface area contributed by atoms with Gasteiger partial charge in [0.05, 0.1) is 118 Å². The maximum absolute atomic E-state index is 12.4. The number of nitrogens with one attached hydrogen (secondary N) is 4.